The standard InChI is InChI=1S/C38H49FN2O6/c1-25-32(35(36(42)43)47-37(2,3)4)34(41-18-16-38(5,6)17-19-41)33(31(40-25)24-45-23-27-21-44-22-27)28-9-13-30(14-10-28)46-20-15-26-7-11-29(39)12-8-26/h7-14,27,35H,15-24H2,1-6H3,(H,42,43). The first-order chi connectivity index (χ1) is 22.3. The summed E-state index contributed by atoms with van der Waals surface area (Å²) in [7, 11) is 0. The summed E-state index contributed by atoms with van der Waals surface area (Å²) in [6.07, 6.45) is 1.39. The Labute approximate surface area is 278 Å². The molecule has 3 aromatic rings. The van der Waals surface area contributed by atoms with Crippen LogP contribution in [0.2, 0.25) is 0 Å². The fourth-order valence-corrected chi connectivity index (χ4v) is 6.09. The second-order valence-electron chi connectivity index (χ2n) is 14.5. The number of nitrogens with zero attached hydrogens (tertiary/aromatic N) is 2. The van der Waals surface area contributed by atoms with Crippen molar-refractivity contribution in [1.82, 2.24) is 4.98 Å². The van der Waals surface area contributed by atoms with Gasteiger partial charge >= 0.3 is 5.97 Å². The van der Waals surface area contributed by atoms with Crippen molar-refractivity contribution in [1.29, 1.82) is 0 Å². The van der Waals surface area contributed by atoms with E-state index >= 15 is 0 Å². The summed E-state index contributed by atoms with van der Waals surface area (Å²) in [5, 5.41) is 10.6. The number of aryl methyl sites for hydroxylation is 1. The molecule has 2 saturated heterocycles. The summed E-state index contributed by atoms with van der Waals surface area (Å²) >= 11 is 0. The maximum Gasteiger partial charge on any atom is 0.337 e. The van der Waals surface area contributed by atoms with Crippen LogP contribution in [-0.4, -0.2) is 61.2 Å². The van der Waals surface area contributed by atoms with Crippen LogP contribution in [0, 0.1) is 24.1 Å². The van der Waals surface area contributed by atoms with E-state index in [1.165, 1.54) is 12.1 Å². The number of halogens is 1. The molecule has 2 aliphatic rings. The lowest BCUT2D eigenvalue weighted by Gasteiger charge is -2.41. The van der Waals surface area contributed by atoms with Gasteiger partial charge in [-0.3, -0.25) is 4.98 Å². The minimum Gasteiger partial charge on any atom is -0.493 e. The number of benzene rings is 2. The van der Waals surface area contributed by atoms with Gasteiger partial charge in [-0.1, -0.05) is 38.1 Å². The molecule has 1 aromatic heterocycles. The molecule has 0 amide bonds. The van der Waals surface area contributed by atoms with E-state index in [0.717, 1.165) is 54.0 Å². The van der Waals surface area contributed by atoms with Crippen molar-refractivity contribution in [2.75, 3.05) is 44.4 Å². The van der Waals surface area contributed by atoms with E-state index in [9.17, 15) is 14.3 Å². The van der Waals surface area contributed by atoms with Crippen molar-refractivity contribution in [2.45, 2.75) is 79.1 Å². The highest BCUT2D eigenvalue weighted by Gasteiger charge is 2.37. The Kier molecular flexibility index (Phi) is 10.9. The molecule has 0 spiro atoms. The molecule has 0 radical (unpaired) electrons. The Morgan fingerprint density at radius 2 is 1.74 bits per heavy atom. The zero-order valence-corrected chi connectivity index (χ0v) is 28.6. The van der Waals surface area contributed by atoms with Gasteiger partial charge in [0.25, 0.3) is 0 Å². The van der Waals surface area contributed by atoms with Gasteiger partial charge in [0.1, 0.15) is 11.6 Å². The number of carbonyl (C=O) groups is 1. The molecule has 8 nitrogen and oxygen atoms in total. The maximum absolute atomic E-state index is 13.3. The Morgan fingerprint density at radius 3 is 2.32 bits per heavy atom. The van der Waals surface area contributed by atoms with Gasteiger partial charge in [0.05, 0.1) is 50.0 Å². The van der Waals surface area contributed by atoms with Crippen molar-refractivity contribution >= 4 is 11.7 Å². The zero-order valence-electron chi connectivity index (χ0n) is 28.6. The molecule has 0 saturated carbocycles. The SMILES string of the molecule is Cc1nc(COCC2COC2)c(-c2ccc(OCCc3ccc(F)cc3)cc2)c(N2CCC(C)(C)CC2)c1C(OC(C)(C)C)C(=O)O. The average molecular weight is 649 g/mol. The van der Waals surface area contributed by atoms with E-state index in [1.807, 2.05) is 52.0 Å². The third-order valence-electron chi connectivity index (χ3n) is 8.88. The Balaban J connectivity index is 1.55. The average Bonchev–Trinajstić information content (AvgIpc) is 2.98. The highest BCUT2D eigenvalue weighted by Crippen LogP contribution is 2.45. The third kappa shape index (κ3) is 9.09. The smallest absolute Gasteiger partial charge is 0.337 e. The second kappa shape index (κ2) is 14.7. The number of ether oxygens (including phenoxy) is 4. The molecule has 5 rings (SSSR count). The number of piperidine rings is 1. The van der Waals surface area contributed by atoms with Gasteiger partial charge in [-0.2, -0.15) is 0 Å². The molecule has 1 unspecified atom stereocenters. The number of carboxylic acid groups (broad SMARTS) is 1. The first kappa shape index (κ1) is 34.8. The highest BCUT2D eigenvalue weighted by atomic mass is 19.1. The fraction of sp³-hybridized carbons (Fsp3) is 0.526. The fourth-order valence-electron chi connectivity index (χ4n) is 6.09. The third-order valence-corrected chi connectivity index (χ3v) is 8.88. The number of carboxylic acids is 1. The summed E-state index contributed by atoms with van der Waals surface area (Å²) in [4.78, 5) is 20.3. The van der Waals surface area contributed by atoms with Crippen molar-refractivity contribution in [3.8, 4) is 16.9 Å². The number of rotatable bonds is 13. The number of aromatic nitrogens is 1. The topological polar surface area (TPSA) is 90.4 Å². The molecule has 254 valence electrons. The van der Waals surface area contributed by atoms with Gasteiger partial charge in [0.15, 0.2) is 6.10 Å². The minimum absolute atomic E-state index is 0.191. The predicted molar refractivity (Wildman–Crippen MR) is 180 cm³/mol. The number of hydrogen-bond donors (Lipinski definition) is 1. The monoisotopic (exact) mass is 648 g/mol. The number of aliphatic carboxylic acids is 1. The normalized spacial score (nSPS) is 17.3. The lowest BCUT2D eigenvalue weighted by molar-refractivity contribution is -0.160. The molecule has 1 N–H and O–H groups in total. The summed E-state index contributed by atoms with van der Waals surface area (Å²) in [5.74, 6) is -0.230. The molecule has 1 atom stereocenters. The van der Waals surface area contributed by atoms with Gasteiger partial charge in [0.2, 0.25) is 0 Å². The van der Waals surface area contributed by atoms with Crippen LogP contribution in [0.25, 0.3) is 11.1 Å². The van der Waals surface area contributed by atoms with Crippen LogP contribution >= 0.6 is 0 Å². The van der Waals surface area contributed by atoms with E-state index in [1.54, 1.807) is 12.1 Å². The van der Waals surface area contributed by atoms with E-state index in [4.69, 9.17) is 23.9 Å². The maximum atomic E-state index is 13.3. The van der Waals surface area contributed by atoms with Crippen LogP contribution in [0.5, 0.6) is 5.75 Å². The Hall–Kier alpha value is -3.53. The molecule has 2 aliphatic heterocycles. The van der Waals surface area contributed by atoms with Gasteiger partial charge in [-0.25, -0.2) is 9.18 Å². The first-order valence-corrected chi connectivity index (χ1v) is 16.6. The molecule has 2 aromatic carbocycles. The summed E-state index contributed by atoms with van der Waals surface area (Å²) < 4.78 is 37.2. The lowest BCUT2D eigenvalue weighted by Crippen LogP contribution is -2.39. The zero-order chi connectivity index (χ0) is 33.8. The van der Waals surface area contributed by atoms with Crippen LogP contribution in [-0.2, 0) is 32.0 Å². The van der Waals surface area contributed by atoms with E-state index in [2.05, 4.69) is 18.7 Å². The molecule has 0 bridgehead atoms. The first-order valence-electron chi connectivity index (χ1n) is 16.6. The van der Waals surface area contributed by atoms with Gasteiger partial charge in [-0.05, 0) is 81.3 Å². The lowest BCUT2D eigenvalue weighted by atomic mass is 9.81. The number of hydrogen-bond acceptors (Lipinski definition) is 7. The molecular weight excluding hydrogens is 599 g/mol. The molecular formula is C38H49FN2O6. The van der Waals surface area contributed by atoms with Crippen molar-refractivity contribution in [3.05, 3.63) is 76.9 Å². The molecule has 2 fully saturated rings. The van der Waals surface area contributed by atoms with Crippen molar-refractivity contribution in [2.24, 2.45) is 11.3 Å². The van der Waals surface area contributed by atoms with Crippen LogP contribution in [0.4, 0.5) is 10.1 Å². The summed E-state index contributed by atoms with van der Waals surface area (Å²) in [6, 6.07) is 14.3. The minimum atomic E-state index is -1.21. The largest absolute Gasteiger partial charge is 0.493 e. The van der Waals surface area contributed by atoms with E-state index in [0.29, 0.717) is 55.8 Å². The van der Waals surface area contributed by atoms with Crippen molar-refractivity contribution < 1.29 is 33.2 Å². The van der Waals surface area contributed by atoms with Gasteiger partial charge in [-0.15, -0.1) is 0 Å². The quantitative estimate of drug-likeness (QED) is 0.203. The van der Waals surface area contributed by atoms with Gasteiger partial charge < -0.3 is 29.0 Å². The van der Waals surface area contributed by atoms with Gasteiger partial charge in [0, 0.05) is 42.2 Å². The van der Waals surface area contributed by atoms with Crippen LogP contribution in [0.15, 0.2) is 48.5 Å². The van der Waals surface area contributed by atoms with Crippen molar-refractivity contribution in [3.63, 3.8) is 0 Å². The highest BCUT2D eigenvalue weighted by molar-refractivity contribution is 5.88. The Morgan fingerprint density at radius 1 is 1.09 bits per heavy atom. The molecule has 3 heterocycles. The molecule has 47 heavy (non-hydrogen) atoms. The number of pyridine rings is 1. The van der Waals surface area contributed by atoms with Crippen LogP contribution in [0.3, 0.4) is 0 Å². The summed E-state index contributed by atoms with van der Waals surface area (Å²) in [6.45, 7) is 16.3. The Bertz CT molecular complexity index is 1500. The van der Waals surface area contributed by atoms with E-state index in [-0.39, 0.29) is 17.8 Å². The predicted octanol–water partition coefficient (Wildman–Crippen LogP) is 7.55. The molecule has 9 heteroatoms. The van der Waals surface area contributed by atoms with E-state index < -0.39 is 17.7 Å². The van der Waals surface area contributed by atoms with Crippen LogP contribution in [0.1, 0.15) is 76.1 Å². The second-order valence-corrected chi connectivity index (χ2v) is 14.5. The van der Waals surface area contributed by atoms with Crippen LogP contribution < -0.4 is 9.64 Å². The molecule has 0 aliphatic carbocycles. The summed E-state index contributed by atoms with van der Waals surface area (Å²) in [5.41, 5.74) is 5.06. The number of anilines is 1.